The Bertz CT molecular complexity index is 1070. The van der Waals surface area contributed by atoms with Crippen molar-refractivity contribution in [1.29, 1.82) is 0 Å². The Hall–Kier alpha value is -2.80. The molecule has 144 valence electrons. The number of ether oxygens (including phenoxy) is 1. The molecule has 0 spiro atoms. The van der Waals surface area contributed by atoms with Crippen LogP contribution in [0.2, 0.25) is 0 Å². The Kier molecular flexibility index (Phi) is 5.34. The maximum Gasteiger partial charge on any atom is 0.266 e. The molecule has 2 heterocycles. The van der Waals surface area contributed by atoms with E-state index in [1.54, 1.807) is 23.8 Å². The first-order valence-corrected chi connectivity index (χ1v) is 10.2. The van der Waals surface area contributed by atoms with Gasteiger partial charge in [0.2, 0.25) is 5.91 Å². The second-order valence-electron chi connectivity index (χ2n) is 6.60. The lowest BCUT2D eigenvalue weighted by Gasteiger charge is -2.17. The minimum atomic E-state index is -0.175. The molecule has 0 unspecified atom stereocenters. The van der Waals surface area contributed by atoms with Crippen molar-refractivity contribution >= 4 is 28.6 Å². The lowest BCUT2D eigenvalue weighted by atomic mass is 10.2. The van der Waals surface area contributed by atoms with Gasteiger partial charge in [-0.2, -0.15) is 0 Å². The molecule has 0 saturated carbocycles. The highest BCUT2D eigenvalue weighted by Crippen LogP contribution is 2.27. The van der Waals surface area contributed by atoms with Gasteiger partial charge in [0.25, 0.3) is 5.56 Å². The van der Waals surface area contributed by atoms with Crippen LogP contribution in [0.15, 0.2) is 58.5 Å². The van der Waals surface area contributed by atoms with E-state index in [4.69, 9.17) is 4.74 Å². The predicted octanol–water partition coefficient (Wildman–Crippen LogP) is 3.11. The van der Waals surface area contributed by atoms with E-state index in [0.717, 1.165) is 25.9 Å². The van der Waals surface area contributed by atoms with Gasteiger partial charge < -0.3 is 9.64 Å². The molecule has 1 aliphatic heterocycles. The maximum atomic E-state index is 13.3. The van der Waals surface area contributed by atoms with Crippen molar-refractivity contribution in [3.63, 3.8) is 0 Å². The number of hydrogen-bond acceptors (Lipinski definition) is 5. The van der Waals surface area contributed by atoms with Crippen LogP contribution in [0.5, 0.6) is 5.75 Å². The summed E-state index contributed by atoms with van der Waals surface area (Å²) in [6.07, 6.45) is 2.10. The average molecular weight is 395 g/mol. The van der Waals surface area contributed by atoms with Crippen molar-refractivity contribution in [2.45, 2.75) is 18.0 Å². The number of rotatable bonds is 5. The van der Waals surface area contributed by atoms with Crippen LogP contribution in [0, 0.1) is 0 Å². The molecule has 1 saturated heterocycles. The van der Waals surface area contributed by atoms with E-state index in [2.05, 4.69) is 4.98 Å². The molecule has 3 aromatic rings. The SMILES string of the molecule is COc1ccccc1-n1c(SCC(=O)N2CCCC2)nc2ccccc2c1=O. The molecular weight excluding hydrogens is 374 g/mol. The lowest BCUT2D eigenvalue weighted by Crippen LogP contribution is -2.29. The predicted molar refractivity (Wildman–Crippen MR) is 110 cm³/mol. The summed E-state index contributed by atoms with van der Waals surface area (Å²) in [6, 6.07) is 14.6. The number of aromatic nitrogens is 2. The van der Waals surface area contributed by atoms with Gasteiger partial charge in [0, 0.05) is 13.1 Å². The molecular formula is C21H21N3O3S. The molecule has 2 aromatic carbocycles. The molecule has 6 nitrogen and oxygen atoms in total. The van der Waals surface area contributed by atoms with E-state index in [1.165, 1.54) is 11.8 Å². The van der Waals surface area contributed by atoms with Crippen molar-refractivity contribution in [2.24, 2.45) is 0 Å². The number of carbonyl (C=O) groups excluding carboxylic acids is 1. The van der Waals surface area contributed by atoms with E-state index < -0.39 is 0 Å². The zero-order valence-electron chi connectivity index (χ0n) is 15.6. The molecule has 0 N–H and O–H groups in total. The van der Waals surface area contributed by atoms with Gasteiger partial charge in [-0.15, -0.1) is 0 Å². The van der Waals surface area contributed by atoms with Crippen LogP contribution < -0.4 is 10.3 Å². The van der Waals surface area contributed by atoms with Crippen molar-refractivity contribution in [3.05, 3.63) is 58.9 Å². The smallest absolute Gasteiger partial charge is 0.266 e. The van der Waals surface area contributed by atoms with Crippen molar-refractivity contribution in [3.8, 4) is 11.4 Å². The second-order valence-corrected chi connectivity index (χ2v) is 7.54. The quantitative estimate of drug-likeness (QED) is 0.491. The molecule has 1 amide bonds. The zero-order chi connectivity index (χ0) is 19.5. The summed E-state index contributed by atoms with van der Waals surface area (Å²) < 4.78 is 7.00. The van der Waals surface area contributed by atoms with Gasteiger partial charge in [-0.1, -0.05) is 36.0 Å². The van der Waals surface area contributed by atoms with E-state index in [0.29, 0.717) is 27.5 Å². The summed E-state index contributed by atoms with van der Waals surface area (Å²) in [5.41, 5.74) is 1.06. The highest BCUT2D eigenvalue weighted by molar-refractivity contribution is 7.99. The van der Waals surface area contributed by atoms with Crippen LogP contribution in [0.3, 0.4) is 0 Å². The van der Waals surface area contributed by atoms with E-state index in [9.17, 15) is 9.59 Å². The Morgan fingerprint density at radius 3 is 2.61 bits per heavy atom. The summed E-state index contributed by atoms with van der Waals surface area (Å²) >= 11 is 1.29. The Balaban J connectivity index is 1.79. The van der Waals surface area contributed by atoms with Gasteiger partial charge in [-0.05, 0) is 37.1 Å². The van der Waals surface area contributed by atoms with Crippen LogP contribution in [0.25, 0.3) is 16.6 Å². The molecule has 0 atom stereocenters. The van der Waals surface area contributed by atoms with Crippen LogP contribution in [0.4, 0.5) is 0 Å². The van der Waals surface area contributed by atoms with Crippen LogP contribution in [0.1, 0.15) is 12.8 Å². The van der Waals surface area contributed by atoms with Crippen LogP contribution in [-0.2, 0) is 4.79 Å². The summed E-state index contributed by atoms with van der Waals surface area (Å²) in [4.78, 5) is 32.3. The average Bonchev–Trinajstić information content (AvgIpc) is 3.27. The number of hydrogen-bond donors (Lipinski definition) is 0. The van der Waals surface area contributed by atoms with Gasteiger partial charge >= 0.3 is 0 Å². The molecule has 4 rings (SSSR count). The first-order valence-electron chi connectivity index (χ1n) is 9.25. The summed E-state index contributed by atoms with van der Waals surface area (Å²) in [6.45, 7) is 1.62. The molecule has 1 fully saturated rings. The maximum absolute atomic E-state index is 13.3. The standard InChI is InChI=1S/C21H21N3O3S/c1-27-18-11-5-4-10-17(18)24-20(26)15-8-2-3-9-16(15)22-21(24)28-14-19(25)23-12-6-7-13-23/h2-5,8-11H,6-7,12-14H2,1H3. The molecule has 28 heavy (non-hydrogen) atoms. The molecule has 0 aliphatic carbocycles. The van der Waals surface area contributed by atoms with Crippen molar-refractivity contribution in [2.75, 3.05) is 26.0 Å². The molecule has 0 bridgehead atoms. The third-order valence-electron chi connectivity index (χ3n) is 4.85. The van der Waals surface area contributed by atoms with Crippen LogP contribution >= 0.6 is 11.8 Å². The minimum Gasteiger partial charge on any atom is -0.495 e. The van der Waals surface area contributed by atoms with E-state index in [-0.39, 0.29) is 17.2 Å². The highest BCUT2D eigenvalue weighted by Gasteiger charge is 2.21. The fourth-order valence-electron chi connectivity index (χ4n) is 3.42. The number of fused-ring (bicyclic) bond motifs is 1. The first kappa shape index (κ1) is 18.6. The minimum absolute atomic E-state index is 0.0801. The monoisotopic (exact) mass is 395 g/mol. The zero-order valence-corrected chi connectivity index (χ0v) is 16.4. The first-order chi connectivity index (χ1) is 13.7. The topological polar surface area (TPSA) is 64.4 Å². The number of amides is 1. The molecule has 1 aliphatic rings. The second kappa shape index (κ2) is 8.06. The Morgan fingerprint density at radius 1 is 1.11 bits per heavy atom. The van der Waals surface area contributed by atoms with Crippen molar-refractivity contribution in [1.82, 2.24) is 14.5 Å². The largest absolute Gasteiger partial charge is 0.495 e. The fraction of sp³-hybridized carbons (Fsp3) is 0.286. The third kappa shape index (κ3) is 3.49. The normalized spacial score (nSPS) is 13.8. The van der Waals surface area contributed by atoms with Gasteiger partial charge in [-0.25, -0.2) is 4.98 Å². The van der Waals surface area contributed by atoms with E-state index in [1.807, 2.05) is 41.3 Å². The van der Waals surface area contributed by atoms with Crippen LogP contribution in [-0.4, -0.2) is 46.3 Å². The number of carbonyl (C=O) groups is 1. The molecule has 1 aromatic heterocycles. The number of nitrogens with zero attached hydrogens (tertiary/aromatic N) is 3. The van der Waals surface area contributed by atoms with Gasteiger partial charge in [0.05, 0.1) is 29.5 Å². The number of thioether (sulfide) groups is 1. The molecule has 0 radical (unpaired) electrons. The summed E-state index contributed by atoms with van der Waals surface area (Å²) in [5, 5.41) is 1.02. The Labute approximate surface area is 167 Å². The van der Waals surface area contributed by atoms with Gasteiger partial charge in [0.1, 0.15) is 5.75 Å². The summed E-state index contributed by atoms with van der Waals surface area (Å²) in [5.74, 6) is 0.908. The van der Waals surface area contributed by atoms with Gasteiger partial charge in [0.15, 0.2) is 5.16 Å². The lowest BCUT2D eigenvalue weighted by molar-refractivity contribution is -0.127. The Morgan fingerprint density at radius 2 is 1.82 bits per heavy atom. The number of para-hydroxylation sites is 3. The van der Waals surface area contributed by atoms with E-state index >= 15 is 0 Å². The number of likely N-dealkylation sites (tertiary alicyclic amines) is 1. The fourth-order valence-corrected chi connectivity index (χ4v) is 4.33. The number of benzene rings is 2. The van der Waals surface area contributed by atoms with Gasteiger partial charge in [-0.3, -0.25) is 14.2 Å². The molecule has 7 heteroatoms. The number of methoxy groups -OCH3 is 1. The summed E-state index contributed by atoms with van der Waals surface area (Å²) in [7, 11) is 1.57. The third-order valence-corrected chi connectivity index (χ3v) is 5.78. The highest BCUT2D eigenvalue weighted by atomic mass is 32.2. The van der Waals surface area contributed by atoms with Crippen molar-refractivity contribution < 1.29 is 9.53 Å².